The molecule has 2 N–H and O–H groups in total. The highest BCUT2D eigenvalue weighted by Gasteiger charge is 2.01. The van der Waals surface area contributed by atoms with Gasteiger partial charge in [0.05, 0.1) is 11.9 Å². The summed E-state index contributed by atoms with van der Waals surface area (Å²) in [6.45, 7) is 3.39. The molecule has 0 aromatic carbocycles. The van der Waals surface area contributed by atoms with E-state index in [0.717, 1.165) is 19.4 Å². The third kappa shape index (κ3) is 9.95. The van der Waals surface area contributed by atoms with Gasteiger partial charge in [0.25, 0.3) is 0 Å². The molecular formula is C9H21NO3S. The minimum absolute atomic E-state index is 0.232. The maximum atomic E-state index is 10.8. The van der Waals surface area contributed by atoms with Gasteiger partial charge in [0.2, 0.25) is 0 Å². The fourth-order valence-corrected chi connectivity index (χ4v) is 1.73. The normalized spacial score (nSPS) is 14.2. The third-order valence-electron chi connectivity index (χ3n) is 1.99. The topological polar surface area (TPSA) is 66.4 Å². The zero-order valence-electron chi connectivity index (χ0n) is 8.99. The first-order chi connectivity index (χ1) is 6.45. The Kier molecular flexibility index (Phi) is 7.13. The van der Waals surface area contributed by atoms with Crippen molar-refractivity contribution in [3.63, 3.8) is 0 Å². The molecule has 0 saturated heterocycles. The first-order valence-electron chi connectivity index (χ1n) is 5.02. The van der Waals surface area contributed by atoms with Gasteiger partial charge in [-0.1, -0.05) is 6.92 Å². The quantitative estimate of drug-likeness (QED) is 0.576. The molecule has 5 heteroatoms. The fourth-order valence-electron chi connectivity index (χ4n) is 1.06. The van der Waals surface area contributed by atoms with E-state index in [1.165, 1.54) is 6.26 Å². The Bertz CT molecular complexity index is 226. The maximum Gasteiger partial charge on any atom is 0.147 e. The van der Waals surface area contributed by atoms with E-state index in [9.17, 15) is 13.5 Å². The van der Waals surface area contributed by atoms with E-state index < -0.39 is 9.84 Å². The largest absolute Gasteiger partial charge is 0.393 e. The van der Waals surface area contributed by atoms with Gasteiger partial charge in [0, 0.05) is 6.26 Å². The molecule has 0 aliphatic rings. The molecule has 0 spiro atoms. The number of aliphatic hydroxyl groups excluding tert-OH is 1. The number of rotatable bonds is 8. The van der Waals surface area contributed by atoms with E-state index in [1.54, 1.807) is 0 Å². The van der Waals surface area contributed by atoms with Gasteiger partial charge < -0.3 is 10.4 Å². The van der Waals surface area contributed by atoms with Crippen molar-refractivity contribution in [1.82, 2.24) is 5.32 Å². The molecule has 0 rings (SSSR count). The Labute approximate surface area is 86.6 Å². The van der Waals surface area contributed by atoms with Crippen LogP contribution in [0.2, 0.25) is 0 Å². The van der Waals surface area contributed by atoms with Gasteiger partial charge in [-0.3, -0.25) is 0 Å². The molecule has 1 atom stereocenters. The van der Waals surface area contributed by atoms with E-state index >= 15 is 0 Å². The summed E-state index contributed by atoms with van der Waals surface area (Å²) in [6.07, 6.45) is 3.15. The number of nitrogens with one attached hydrogen (secondary N) is 1. The Morgan fingerprint density at radius 3 is 2.50 bits per heavy atom. The van der Waals surface area contributed by atoms with Crippen molar-refractivity contribution in [3.8, 4) is 0 Å². The molecule has 0 heterocycles. The van der Waals surface area contributed by atoms with Crippen LogP contribution >= 0.6 is 0 Å². The number of aliphatic hydroxyl groups is 1. The SMILES string of the molecule is CCC(O)CCNCCCS(C)(=O)=O. The molecule has 0 bridgehead atoms. The van der Waals surface area contributed by atoms with Crippen LogP contribution in [0, 0.1) is 0 Å². The highest BCUT2D eigenvalue weighted by Crippen LogP contribution is 1.94. The molecule has 1 unspecified atom stereocenters. The van der Waals surface area contributed by atoms with Crippen LogP contribution < -0.4 is 5.32 Å². The van der Waals surface area contributed by atoms with Crippen LogP contribution in [-0.4, -0.2) is 44.7 Å². The van der Waals surface area contributed by atoms with Crippen LogP contribution in [0.5, 0.6) is 0 Å². The minimum Gasteiger partial charge on any atom is -0.393 e. The summed E-state index contributed by atoms with van der Waals surface area (Å²) in [5.41, 5.74) is 0. The molecule has 0 aliphatic carbocycles. The van der Waals surface area contributed by atoms with Crippen LogP contribution in [0.3, 0.4) is 0 Å². The lowest BCUT2D eigenvalue weighted by Gasteiger charge is -2.08. The van der Waals surface area contributed by atoms with E-state index in [2.05, 4.69) is 5.32 Å². The van der Waals surface area contributed by atoms with Crippen molar-refractivity contribution in [1.29, 1.82) is 0 Å². The molecule has 4 nitrogen and oxygen atoms in total. The van der Waals surface area contributed by atoms with Crippen LogP contribution in [-0.2, 0) is 9.84 Å². The second-order valence-corrected chi connectivity index (χ2v) is 5.84. The summed E-state index contributed by atoms with van der Waals surface area (Å²) >= 11 is 0. The highest BCUT2D eigenvalue weighted by atomic mass is 32.2. The van der Waals surface area contributed by atoms with Gasteiger partial charge in [-0.2, -0.15) is 0 Å². The van der Waals surface area contributed by atoms with Gasteiger partial charge in [-0.05, 0) is 32.4 Å². The first-order valence-corrected chi connectivity index (χ1v) is 7.08. The predicted molar refractivity (Wildman–Crippen MR) is 58.1 cm³/mol. The van der Waals surface area contributed by atoms with Gasteiger partial charge in [-0.15, -0.1) is 0 Å². The highest BCUT2D eigenvalue weighted by molar-refractivity contribution is 7.90. The molecule has 0 aromatic heterocycles. The lowest BCUT2D eigenvalue weighted by molar-refractivity contribution is 0.160. The summed E-state index contributed by atoms with van der Waals surface area (Å²) in [6, 6.07) is 0. The maximum absolute atomic E-state index is 10.8. The monoisotopic (exact) mass is 223 g/mol. The minimum atomic E-state index is -2.82. The van der Waals surface area contributed by atoms with Crippen LogP contribution in [0.15, 0.2) is 0 Å². The van der Waals surface area contributed by atoms with Crippen molar-refractivity contribution in [3.05, 3.63) is 0 Å². The summed E-state index contributed by atoms with van der Waals surface area (Å²) in [4.78, 5) is 0. The molecule has 0 aliphatic heterocycles. The second-order valence-electron chi connectivity index (χ2n) is 3.58. The van der Waals surface area contributed by atoms with Crippen LogP contribution in [0.4, 0.5) is 0 Å². The summed E-state index contributed by atoms with van der Waals surface area (Å²) in [5.74, 6) is 0.232. The van der Waals surface area contributed by atoms with E-state index in [-0.39, 0.29) is 11.9 Å². The van der Waals surface area contributed by atoms with E-state index in [1.807, 2.05) is 6.92 Å². The lowest BCUT2D eigenvalue weighted by atomic mass is 10.2. The molecular weight excluding hydrogens is 202 g/mol. The number of hydrogen-bond acceptors (Lipinski definition) is 4. The summed E-state index contributed by atoms with van der Waals surface area (Å²) in [7, 11) is -2.82. The van der Waals surface area contributed by atoms with Gasteiger partial charge >= 0.3 is 0 Å². The molecule has 86 valence electrons. The molecule has 0 saturated carbocycles. The molecule has 0 aromatic rings. The standard InChI is InChI=1S/C9H21NO3S/c1-3-9(11)5-7-10-6-4-8-14(2,12)13/h9-11H,3-8H2,1-2H3. The third-order valence-corrected chi connectivity index (χ3v) is 3.02. The van der Waals surface area contributed by atoms with Gasteiger partial charge in [-0.25, -0.2) is 8.42 Å². The Morgan fingerprint density at radius 1 is 1.36 bits per heavy atom. The van der Waals surface area contributed by atoms with Gasteiger partial charge in [0.1, 0.15) is 9.84 Å². The van der Waals surface area contributed by atoms with Crippen molar-refractivity contribution < 1.29 is 13.5 Å². The zero-order valence-corrected chi connectivity index (χ0v) is 9.81. The predicted octanol–water partition coefficient (Wildman–Crippen LogP) is 0.172. The fraction of sp³-hybridized carbons (Fsp3) is 1.00. The van der Waals surface area contributed by atoms with E-state index in [4.69, 9.17) is 0 Å². The van der Waals surface area contributed by atoms with Crippen molar-refractivity contribution in [2.45, 2.75) is 32.3 Å². The average Bonchev–Trinajstić information content (AvgIpc) is 2.08. The van der Waals surface area contributed by atoms with Crippen molar-refractivity contribution in [2.75, 3.05) is 25.1 Å². The molecule has 0 fully saturated rings. The Morgan fingerprint density at radius 2 is 2.00 bits per heavy atom. The van der Waals surface area contributed by atoms with Crippen LogP contribution in [0.1, 0.15) is 26.2 Å². The number of hydrogen-bond donors (Lipinski definition) is 2. The smallest absolute Gasteiger partial charge is 0.147 e. The zero-order chi connectivity index (χ0) is 11.0. The summed E-state index contributed by atoms with van der Waals surface area (Å²) < 4.78 is 21.5. The first kappa shape index (κ1) is 13.9. The lowest BCUT2D eigenvalue weighted by Crippen LogP contribution is -2.22. The molecule has 0 amide bonds. The molecule has 0 radical (unpaired) electrons. The van der Waals surface area contributed by atoms with E-state index in [0.29, 0.717) is 13.0 Å². The average molecular weight is 223 g/mol. The number of sulfone groups is 1. The molecule has 14 heavy (non-hydrogen) atoms. The van der Waals surface area contributed by atoms with Crippen molar-refractivity contribution >= 4 is 9.84 Å². The Balaban J connectivity index is 3.23. The van der Waals surface area contributed by atoms with Crippen molar-refractivity contribution in [2.24, 2.45) is 0 Å². The summed E-state index contributed by atoms with van der Waals surface area (Å²) in [5, 5.41) is 12.3. The van der Waals surface area contributed by atoms with Crippen LogP contribution in [0.25, 0.3) is 0 Å². The van der Waals surface area contributed by atoms with Gasteiger partial charge in [0.15, 0.2) is 0 Å². The second kappa shape index (κ2) is 7.20. The Hall–Kier alpha value is -0.130.